The lowest BCUT2D eigenvalue weighted by atomic mass is 10.3. The number of rotatable bonds is 4. The molecule has 0 spiro atoms. The Kier molecular flexibility index (Phi) is 4.48. The van der Waals surface area contributed by atoms with Gasteiger partial charge in [-0.2, -0.15) is 0 Å². The van der Waals surface area contributed by atoms with Gasteiger partial charge in [0, 0.05) is 5.33 Å². The molecule has 0 atom stereocenters. The Morgan fingerprint density at radius 3 is 2.86 bits per heavy atom. The Labute approximate surface area is 95.3 Å². The van der Waals surface area contributed by atoms with Crippen LogP contribution in [0.5, 0.6) is 5.75 Å². The molecule has 1 aromatic rings. The van der Waals surface area contributed by atoms with E-state index in [2.05, 4.69) is 15.9 Å². The quantitative estimate of drug-likeness (QED) is 0.523. The topological polar surface area (TPSA) is 35.2 Å². The summed E-state index contributed by atoms with van der Waals surface area (Å²) in [7, 11) is 0. The third-order valence-electron chi connectivity index (χ3n) is 1.60. The normalized spacial score (nSPS) is 10.2. The van der Waals surface area contributed by atoms with Crippen LogP contribution in [0.3, 0.4) is 0 Å². The van der Waals surface area contributed by atoms with Gasteiger partial charge in [-0.1, -0.05) is 27.5 Å². The van der Waals surface area contributed by atoms with Crippen LogP contribution in [0.2, 0.25) is 5.02 Å². The van der Waals surface area contributed by atoms with Gasteiger partial charge in [-0.3, -0.25) is 0 Å². The first-order chi connectivity index (χ1) is 6.66. The number of alkyl halides is 1. The maximum Gasteiger partial charge on any atom is 0.163 e. The largest absolute Gasteiger partial charge is 0.490 e. The maximum atomic E-state index is 13.0. The van der Waals surface area contributed by atoms with Gasteiger partial charge in [0.25, 0.3) is 0 Å². The minimum atomic E-state index is -0.519. The molecule has 78 valence electrons. The van der Waals surface area contributed by atoms with Gasteiger partial charge in [0.05, 0.1) is 12.3 Å². The van der Waals surface area contributed by atoms with Gasteiger partial charge < -0.3 is 10.5 Å². The molecule has 0 saturated heterocycles. The van der Waals surface area contributed by atoms with Crippen molar-refractivity contribution in [2.24, 2.45) is 0 Å². The molecule has 0 saturated carbocycles. The summed E-state index contributed by atoms with van der Waals surface area (Å²) in [5, 5.41) is 0.763. The molecule has 0 heterocycles. The van der Waals surface area contributed by atoms with Gasteiger partial charge in [0.1, 0.15) is 10.8 Å². The van der Waals surface area contributed by atoms with E-state index in [4.69, 9.17) is 22.1 Å². The Balaban J connectivity index is 2.79. The van der Waals surface area contributed by atoms with Crippen molar-refractivity contribution >= 4 is 33.2 Å². The van der Waals surface area contributed by atoms with Crippen LogP contribution in [0.15, 0.2) is 12.1 Å². The fourth-order valence-electron chi connectivity index (χ4n) is 0.922. The molecule has 0 fully saturated rings. The number of hydrogen-bond acceptors (Lipinski definition) is 2. The molecular weight excluding hydrogens is 272 g/mol. The first kappa shape index (κ1) is 11.6. The zero-order valence-electron chi connectivity index (χ0n) is 7.40. The van der Waals surface area contributed by atoms with Gasteiger partial charge in [-0.15, -0.1) is 0 Å². The van der Waals surface area contributed by atoms with Crippen molar-refractivity contribution in [1.82, 2.24) is 0 Å². The van der Waals surface area contributed by atoms with Crippen LogP contribution in [-0.2, 0) is 0 Å². The van der Waals surface area contributed by atoms with E-state index in [0.717, 1.165) is 11.8 Å². The minimum absolute atomic E-state index is 0.0560. The van der Waals surface area contributed by atoms with Crippen molar-refractivity contribution in [2.75, 3.05) is 17.7 Å². The second-order valence-electron chi connectivity index (χ2n) is 2.67. The Morgan fingerprint density at radius 1 is 1.50 bits per heavy atom. The molecular formula is C9H10BrClFNO. The minimum Gasteiger partial charge on any atom is -0.490 e. The Hall–Kier alpha value is -0.480. The zero-order chi connectivity index (χ0) is 10.6. The summed E-state index contributed by atoms with van der Waals surface area (Å²) < 4.78 is 18.3. The first-order valence-corrected chi connectivity index (χ1v) is 5.59. The van der Waals surface area contributed by atoms with E-state index in [-0.39, 0.29) is 10.8 Å². The summed E-state index contributed by atoms with van der Waals surface area (Å²) in [6.45, 7) is 0.457. The molecule has 0 aliphatic carbocycles. The molecule has 1 aromatic carbocycles. The van der Waals surface area contributed by atoms with E-state index in [1.807, 2.05) is 0 Å². The SMILES string of the molecule is Nc1ccc(F)c(Cl)c1OCCCBr. The standard InChI is InChI=1S/C9H10BrClFNO/c10-4-1-5-14-9-7(13)3-2-6(12)8(9)11/h2-3H,1,4-5,13H2. The van der Waals surface area contributed by atoms with Crippen molar-refractivity contribution in [3.63, 3.8) is 0 Å². The number of benzene rings is 1. The third kappa shape index (κ3) is 2.75. The summed E-state index contributed by atoms with van der Waals surface area (Å²) in [5.74, 6) is -0.290. The molecule has 2 N–H and O–H groups in total. The fraction of sp³-hybridized carbons (Fsp3) is 0.333. The number of halogens is 3. The van der Waals surface area contributed by atoms with Crippen molar-refractivity contribution in [3.05, 3.63) is 23.0 Å². The van der Waals surface area contributed by atoms with Crippen LogP contribution < -0.4 is 10.5 Å². The Morgan fingerprint density at radius 2 is 2.21 bits per heavy atom. The lowest BCUT2D eigenvalue weighted by Crippen LogP contribution is -2.02. The second kappa shape index (κ2) is 5.41. The molecule has 0 aromatic heterocycles. The highest BCUT2D eigenvalue weighted by Crippen LogP contribution is 2.33. The summed E-state index contributed by atoms with van der Waals surface area (Å²) in [4.78, 5) is 0. The molecule has 0 aliphatic rings. The number of anilines is 1. The van der Waals surface area contributed by atoms with Crippen LogP contribution in [-0.4, -0.2) is 11.9 Å². The molecule has 0 radical (unpaired) electrons. The van der Waals surface area contributed by atoms with Crippen molar-refractivity contribution < 1.29 is 9.13 Å². The van der Waals surface area contributed by atoms with Gasteiger partial charge in [0.15, 0.2) is 5.75 Å². The highest BCUT2D eigenvalue weighted by molar-refractivity contribution is 9.09. The average Bonchev–Trinajstić information content (AvgIpc) is 2.18. The molecule has 0 aliphatic heterocycles. The van der Waals surface area contributed by atoms with Crippen molar-refractivity contribution in [1.29, 1.82) is 0 Å². The number of nitrogen functional groups attached to an aromatic ring is 1. The van der Waals surface area contributed by atoms with E-state index >= 15 is 0 Å². The van der Waals surface area contributed by atoms with E-state index in [1.54, 1.807) is 0 Å². The van der Waals surface area contributed by atoms with Crippen LogP contribution in [0.25, 0.3) is 0 Å². The van der Waals surface area contributed by atoms with E-state index in [1.165, 1.54) is 12.1 Å². The van der Waals surface area contributed by atoms with Gasteiger partial charge in [0.2, 0.25) is 0 Å². The van der Waals surface area contributed by atoms with E-state index in [9.17, 15) is 4.39 Å². The average molecular weight is 283 g/mol. The summed E-state index contributed by atoms with van der Waals surface area (Å²) in [5.41, 5.74) is 5.94. The van der Waals surface area contributed by atoms with Crippen molar-refractivity contribution in [2.45, 2.75) is 6.42 Å². The molecule has 2 nitrogen and oxygen atoms in total. The van der Waals surface area contributed by atoms with Gasteiger partial charge in [-0.25, -0.2) is 4.39 Å². The number of hydrogen-bond donors (Lipinski definition) is 1. The second-order valence-corrected chi connectivity index (χ2v) is 3.84. The fourth-order valence-corrected chi connectivity index (χ4v) is 1.38. The molecule has 14 heavy (non-hydrogen) atoms. The van der Waals surface area contributed by atoms with Crippen LogP contribution in [0, 0.1) is 5.82 Å². The Bertz CT molecular complexity index is 322. The maximum absolute atomic E-state index is 13.0. The molecule has 0 bridgehead atoms. The molecule has 0 unspecified atom stereocenters. The predicted octanol–water partition coefficient (Wildman–Crippen LogP) is 3.23. The van der Waals surface area contributed by atoms with Crippen LogP contribution in [0.4, 0.5) is 10.1 Å². The highest BCUT2D eigenvalue weighted by atomic mass is 79.9. The number of ether oxygens (including phenoxy) is 1. The highest BCUT2D eigenvalue weighted by Gasteiger charge is 2.10. The monoisotopic (exact) mass is 281 g/mol. The molecule has 1 rings (SSSR count). The first-order valence-electron chi connectivity index (χ1n) is 4.09. The third-order valence-corrected chi connectivity index (χ3v) is 2.52. The smallest absolute Gasteiger partial charge is 0.163 e. The lowest BCUT2D eigenvalue weighted by Gasteiger charge is -2.10. The lowest BCUT2D eigenvalue weighted by molar-refractivity contribution is 0.319. The predicted molar refractivity (Wildman–Crippen MR) is 59.7 cm³/mol. The summed E-state index contributed by atoms with van der Waals surface area (Å²) in [6.07, 6.45) is 0.812. The van der Waals surface area contributed by atoms with Gasteiger partial charge >= 0.3 is 0 Å². The van der Waals surface area contributed by atoms with Gasteiger partial charge in [-0.05, 0) is 18.6 Å². The zero-order valence-corrected chi connectivity index (χ0v) is 9.74. The van der Waals surface area contributed by atoms with Crippen molar-refractivity contribution in [3.8, 4) is 5.75 Å². The van der Waals surface area contributed by atoms with E-state index < -0.39 is 5.82 Å². The van der Waals surface area contributed by atoms with E-state index in [0.29, 0.717) is 12.3 Å². The van der Waals surface area contributed by atoms with Crippen LogP contribution in [0.1, 0.15) is 6.42 Å². The molecule has 5 heteroatoms. The van der Waals surface area contributed by atoms with Crippen LogP contribution >= 0.6 is 27.5 Å². The number of nitrogens with two attached hydrogens (primary N) is 1. The molecule has 0 amide bonds. The summed E-state index contributed by atoms with van der Waals surface area (Å²) in [6, 6.07) is 2.65. The summed E-state index contributed by atoms with van der Waals surface area (Å²) >= 11 is 8.94.